The van der Waals surface area contributed by atoms with Crippen LogP contribution in [-0.4, -0.2) is 0 Å². The van der Waals surface area contributed by atoms with Gasteiger partial charge in [0.2, 0.25) is 0 Å². The molecule has 0 heteroatoms. The Morgan fingerprint density at radius 3 is 0.535 bits per heavy atom. The van der Waals surface area contributed by atoms with Gasteiger partial charge in [0, 0.05) is 0 Å². The van der Waals surface area contributed by atoms with Gasteiger partial charge < -0.3 is 0 Å². The highest BCUT2D eigenvalue weighted by molar-refractivity contribution is 4.60. The molecule has 0 saturated carbocycles. The predicted molar refractivity (Wildman–Crippen MR) is 201 cm³/mol. The molecule has 0 aromatic rings. The van der Waals surface area contributed by atoms with Crippen LogP contribution in [0.1, 0.15) is 271 Å². The number of hydrogen-bond acceptors (Lipinski definition) is 0. The highest BCUT2D eigenvalue weighted by atomic mass is 14.1. The molecule has 0 aromatic carbocycles. The second kappa shape index (κ2) is 40.0. The molecular weight excluding hydrogens is 516 g/mol. The molecule has 0 amide bonds. The highest BCUT2D eigenvalue weighted by Crippen LogP contribution is 2.22. The number of hydrogen-bond donors (Lipinski definition) is 0. The molecule has 0 aliphatic carbocycles. The van der Waals surface area contributed by atoms with Crippen LogP contribution in [0.4, 0.5) is 0 Å². The average Bonchev–Trinajstić information content (AvgIpc) is 3.02. The van der Waals surface area contributed by atoms with Crippen LogP contribution in [0.15, 0.2) is 0 Å². The fraction of sp³-hybridized carbons (Fsp3) is 1.00. The quantitative estimate of drug-likeness (QED) is 0.0612. The van der Waals surface area contributed by atoms with Crippen LogP contribution in [0.5, 0.6) is 0 Å². The lowest BCUT2D eigenvalue weighted by atomic mass is 9.92. The Morgan fingerprint density at radius 2 is 0.372 bits per heavy atom. The van der Waals surface area contributed by atoms with Gasteiger partial charge in [-0.3, -0.25) is 0 Å². The third-order valence-corrected chi connectivity index (χ3v) is 10.5. The van der Waals surface area contributed by atoms with E-state index in [1.165, 1.54) is 250 Å². The minimum absolute atomic E-state index is 1.02. The highest BCUT2D eigenvalue weighted by Gasteiger charge is 2.06. The Kier molecular flexibility index (Phi) is 40.0. The zero-order valence-corrected chi connectivity index (χ0v) is 31.2. The Balaban J connectivity index is 3.21. The zero-order valence-electron chi connectivity index (χ0n) is 31.2. The molecule has 260 valence electrons. The van der Waals surface area contributed by atoms with Crippen LogP contribution >= 0.6 is 0 Å². The van der Waals surface area contributed by atoms with Crippen LogP contribution in [-0.2, 0) is 0 Å². The minimum Gasteiger partial charge on any atom is -0.0654 e. The molecule has 0 spiro atoms. The van der Waals surface area contributed by atoms with Gasteiger partial charge in [-0.05, 0) is 5.92 Å². The third-order valence-electron chi connectivity index (χ3n) is 10.5. The van der Waals surface area contributed by atoms with Gasteiger partial charge in [0.1, 0.15) is 0 Å². The number of rotatable bonds is 39. The van der Waals surface area contributed by atoms with Crippen molar-refractivity contribution >= 4 is 0 Å². The molecule has 0 heterocycles. The molecule has 1 atom stereocenters. The summed E-state index contributed by atoms with van der Waals surface area (Å²) in [5.41, 5.74) is 0. The van der Waals surface area contributed by atoms with Crippen LogP contribution in [0, 0.1) is 5.92 Å². The van der Waals surface area contributed by atoms with Gasteiger partial charge in [-0.25, -0.2) is 0 Å². The fourth-order valence-corrected chi connectivity index (χ4v) is 7.22. The maximum atomic E-state index is 2.44. The van der Waals surface area contributed by atoms with Gasteiger partial charge in [-0.2, -0.15) is 0 Å². The summed E-state index contributed by atoms with van der Waals surface area (Å²) in [5, 5.41) is 0. The molecule has 0 saturated heterocycles. The van der Waals surface area contributed by atoms with Crippen LogP contribution in [0.3, 0.4) is 0 Å². The molecule has 0 bridgehead atoms. The lowest BCUT2D eigenvalue weighted by molar-refractivity contribution is 0.392. The molecule has 0 nitrogen and oxygen atoms in total. The van der Waals surface area contributed by atoms with E-state index in [-0.39, 0.29) is 0 Å². The first-order chi connectivity index (χ1) is 21.3. The van der Waals surface area contributed by atoms with Crippen molar-refractivity contribution in [1.82, 2.24) is 0 Å². The fourth-order valence-electron chi connectivity index (χ4n) is 7.22. The lowest BCUT2D eigenvalue weighted by Crippen LogP contribution is -1.99. The SMILES string of the molecule is CCCCCCCCCCCCCCCCCCCCCCCCCCC(CC)CCCCCCCCCCCCCC. The molecule has 0 rings (SSSR count). The van der Waals surface area contributed by atoms with E-state index >= 15 is 0 Å². The van der Waals surface area contributed by atoms with Gasteiger partial charge in [0.15, 0.2) is 0 Å². The topological polar surface area (TPSA) is 0 Å². The van der Waals surface area contributed by atoms with Crippen molar-refractivity contribution in [3.63, 3.8) is 0 Å². The van der Waals surface area contributed by atoms with E-state index in [0.717, 1.165) is 5.92 Å². The molecular formula is C43H88. The van der Waals surface area contributed by atoms with Crippen molar-refractivity contribution in [2.75, 3.05) is 0 Å². The molecule has 0 aromatic heterocycles. The Hall–Kier alpha value is 0. The van der Waals surface area contributed by atoms with Gasteiger partial charge in [-0.15, -0.1) is 0 Å². The first-order valence-electron chi connectivity index (χ1n) is 21.3. The first-order valence-corrected chi connectivity index (χ1v) is 21.3. The maximum Gasteiger partial charge on any atom is -0.0417 e. The summed E-state index contributed by atoms with van der Waals surface area (Å²) in [6.07, 6.45) is 57.8. The largest absolute Gasteiger partial charge is 0.0654 e. The van der Waals surface area contributed by atoms with Crippen molar-refractivity contribution in [2.45, 2.75) is 271 Å². The Labute approximate surface area is 276 Å². The molecule has 0 fully saturated rings. The summed E-state index contributed by atoms with van der Waals surface area (Å²) in [7, 11) is 0. The molecule has 0 radical (unpaired) electrons. The van der Waals surface area contributed by atoms with E-state index in [1.807, 2.05) is 0 Å². The molecule has 0 aliphatic heterocycles. The maximum absolute atomic E-state index is 2.44. The van der Waals surface area contributed by atoms with Crippen molar-refractivity contribution in [1.29, 1.82) is 0 Å². The summed E-state index contributed by atoms with van der Waals surface area (Å²) in [6.45, 7) is 7.06. The Bertz CT molecular complexity index is 453. The van der Waals surface area contributed by atoms with Crippen LogP contribution in [0.2, 0.25) is 0 Å². The third kappa shape index (κ3) is 38.1. The summed E-state index contributed by atoms with van der Waals surface area (Å²) < 4.78 is 0. The van der Waals surface area contributed by atoms with E-state index in [1.54, 1.807) is 0 Å². The standard InChI is InChI=1S/C43H88/c1-4-7-9-11-13-15-17-19-20-21-22-23-24-25-26-27-28-29-30-32-34-36-38-40-42-43(6-3)41-39-37-35-33-31-18-16-14-12-10-8-5-2/h43H,4-42H2,1-3H3. The van der Waals surface area contributed by atoms with Crippen molar-refractivity contribution < 1.29 is 0 Å². The molecule has 43 heavy (non-hydrogen) atoms. The average molecular weight is 605 g/mol. The first kappa shape index (κ1) is 43.0. The van der Waals surface area contributed by atoms with Gasteiger partial charge >= 0.3 is 0 Å². The summed E-state index contributed by atoms with van der Waals surface area (Å²) in [5.74, 6) is 1.02. The Morgan fingerprint density at radius 1 is 0.209 bits per heavy atom. The van der Waals surface area contributed by atoms with E-state index < -0.39 is 0 Å². The number of unbranched alkanes of at least 4 members (excludes halogenated alkanes) is 34. The van der Waals surface area contributed by atoms with Crippen molar-refractivity contribution in [3.05, 3.63) is 0 Å². The van der Waals surface area contributed by atoms with Crippen LogP contribution < -0.4 is 0 Å². The van der Waals surface area contributed by atoms with Gasteiger partial charge in [-0.1, -0.05) is 271 Å². The lowest BCUT2D eigenvalue weighted by Gasteiger charge is -2.14. The van der Waals surface area contributed by atoms with Gasteiger partial charge in [0.05, 0.1) is 0 Å². The zero-order chi connectivity index (χ0) is 31.2. The second-order valence-corrected chi connectivity index (χ2v) is 14.9. The van der Waals surface area contributed by atoms with Crippen LogP contribution in [0.25, 0.3) is 0 Å². The van der Waals surface area contributed by atoms with Gasteiger partial charge in [0.25, 0.3) is 0 Å². The van der Waals surface area contributed by atoms with E-state index in [9.17, 15) is 0 Å². The van der Waals surface area contributed by atoms with E-state index in [0.29, 0.717) is 0 Å². The molecule has 1 unspecified atom stereocenters. The normalized spacial score (nSPS) is 12.3. The second-order valence-electron chi connectivity index (χ2n) is 14.9. The molecule has 0 N–H and O–H groups in total. The van der Waals surface area contributed by atoms with Crippen molar-refractivity contribution in [2.24, 2.45) is 5.92 Å². The monoisotopic (exact) mass is 605 g/mol. The molecule has 0 aliphatic rings. The smallest absolute Gasteiger partial charge is 0.0417 e. The summed E-state index contributed by atoms with van der Waals surface area (Å²) in [4.78, 5) is 0. The van der Waals surface area contributed by atoms with E-state index in [2.05, 4.69) is 20.8 Å². The summed E-state index contributed by atoms with van der Waals surface area (Å²) >= 11 is 0. The summed E-state index contributed by atoms with van der Waals surface area (Å²) in [6, 6.07) is 0. The van der Waals surface area contributed by atoms with Crippen molar-refractivity contribution in [3.8, 4) is 0 Å². The minimum atomic E-state index is 1.02. The predicted octanol–water partition coefficient (Wildman–Crippen LogP) is 16.9. The van der Waals surface area contributed by atoms with E-state index in [4.69, 9.17) is 0 Å².